The molecule has 80 valence electrons. The summed E-state index contributed by atoms with van der Waals surface area (Å²) in [4.78, 5) is 11.6. The maximum absolute atomic E-state index is 11.6. The topological polar surface area (TPSA) is 38.3 Å². The Balaban J connectivity index is 2.20. The molecule has 0 bridgehead atoms. The van der Waals surface area contributed by atoms with Crippen LogP contribution in [-0.2, 0) is 9.53 Å². The summed E-state index contributed by atoms with van der Waals surface area (Å²) >= 11 is 1.98. The summed E-state index contributed by atoms with van der Waals surface area (Å²) in [6.45, 7) is 4.00. The van der Waals surface area contributed by atoms with E-state index in [1.807, 2.05) is 11.8 Å². The average Bonchev–Trinajstić information content (AvgIpc) is 2.76. The summed E-state index contributed by atoms with van der Waals surface area (Å²) in [5, 5.41) is 3.91. The summed E-state index contributed by atoms with van der Waals surface area (Å²) in [5.74, 6) is 1.21. The fourth-order valence-corrected chi connectivity index (χ4v) is 4.27. The van der Waals surface area contributed by atoms with Crippen LogP contribution >= 0.6 is 11.8 Å². The number of hydrogen-bond donors (Lipinski definition) is 1. The molecule has 4 heteroatoms. The van der Waals surface area contributed by atoms with Crippen LogP contribution in [0.1, 0.15) is 13.3 Å². The monoisotopic (exact) mass is 215 g/mol. The fraction of sp³-hybridized carbons (Fsp3) is 0.900. The van der Waals surface area contributed by atoms with Gasteiger partial charge in [0, 0.05) is 23.8 Å². The molecule has 14 heavy (non-hydrogen) atoms. The van der Waals surface area contributed by atoms with E-state index in [0.29, 0.717) is 5.25 Å². The van der Waals surface area contributed by atoms with Crippen molar-refractivity contribution in [2.45, 2.75) is 18.6 Å². The maximum atomic E-state index is 11.6. The van der Waals surface area contributed by atoms with Crippen molar-refractivity contribution in [2.24, 2.45) is 11.3 Å². The predicted molar refractivity (Wildman–Crippen MR) is 57.3 cm³/mol. The molecule has 2 rings (SSSR count). The smallest absolute Gasteiger partial charge is 0.310 e. The van der Waals surface area contributed by atoms with E-state index < -0.39 is 0 Å². The van der Waals surface area contributed by atoms with E-state index in [2.05, 4.69) is 12.2 Å². The molecule has 0 aromatic carbocycles. The molecule has 0 aromatic heterocycles. The Morgan fingerprint density at radius 3 is 3.00 bits per heavy atom. The number of esters is 1. The van der Waals surface area contributed by atoms with Crippen LogP contribution in [0.15, 0.2) is 0 Å². The van der Waals surface area contributed by atoms with Gasteiger partial charge in [-0.25, -0.2) is 0 Å². The fourth-order valence-electron chi connectivity index (χ4n) is 2.72. The Bertz CT molecular complexity index is 242. The second kappa shape index (κ2) is 3.74. The van der Waals surface area contributed by atoms with E-state index in [-0.39, 0.29) is 17.3 Å². The largest absolute Gasteiger partial charge is 0.469 e. The minimum atomic E-state index is -0.0376. The average molecular weight is 215 g/mol. The quantitative estimate of drug-likeness (QED) is 0.659. The zero-order chi connectivity index (χ0) is 10.2. The first-order valence-electron chi connectivity index (χ1n) is 5.11. The highest BCUT2D eigenvalue weighted by atomic mass is 32.2. The first-order valence-corrected chi connectivity index (χ1v) is 6.16. The standard InChI is InChI=1S/C10H17NO2S/c1-7-10(3-4-14-7)6-11-5-8(10)9(12)13-2/h7-8,11H,3-6H2,1-2H3. The second-order valence-corrected chi connectivity index (χ2v) is 5.65. The van der Waals surface area contributed by atoms with Gasteiger partial charge in [0.1, 0.15) is 0 Å². The highest BCUT2D eigenvalue weighted by Crippen LogP contribution is 2.50. The summed E-state index contributed by atoms with van der Waals surface area (Å²) in [7, 11) is 1.49. The summed E-state index contributed by atoms with van der Waals surface area (Å²) < 4.78 is 4.88. The molecule has 0 saturated carbocycles. The van der Waals surface area contributed by atoms with Crippen molar-refractivity contribution in [3.8, 4) is 0 Å². The predicted octanol–water partition coefficient (Wildman–Crippen LogP) is 0.891. The third-order valence-electron chi connectivity index (χ3n) is 3.73. The Kier molecular flexibility index (Phi) is 2.75. The Morgan fingerprint density at radius 2 is 2.43 bits per heavy atom. The maximum Gasteiger partial charge on any atom is 0.310 e. The number of nitrogens with one attached hydrogen (secondary N) is 1. The van der Waals surface area contributed by atoms with Crippen LogP contribution in [0.4, 0.5) is 0 Å². The lowest BCUT2D eigenvalue weighted by molar-refractivity contribution is -0.148. The van der Waals surface area contributed by atoms with Crippen molar-refractivity contribution in [2.75, 3.05) is 26.0 Å². The molecule has 1 spiro atoms. The first-order chi connectivity index (χ1) is 6.70. The lowest BCUT2D eigenvalue weighted by Gasteiger charge is -2.32. The molecule has 2 aliphatic rings. The molecule has 2 aliphatic heterocycles. The van der Waals surface area contributed by atoms with E-state index >= 15 is 0 Å². The van der Waals surface area contributed by atoms with Crippen molar-refractivity contribution in [3.05, 3.63) is 0 Å². The number of carbonyl (C=O) groups excluding carboxylic acids is 1. The van der Waals surface area contributed by atoms with Crippen molar-refractivity contribution in [1.82, 2.24) is 5.32 Å². The van der Waals surface area contributed by atoms with Crippen molar-refractivity contribution in [1.29, 1.82) is 0 Å². The molecule has 0 aromatic rings. The van der Waals surface area contributed by atoms with Crippen LogP contribution in [0.3, 0.4) is 0 Å². The van der Waals surface area contributed by atoms with E-state index in [1.165, 1.54) is 12.9 Å². The van der Waals surface area contributed by atoms with Crippen LogP contribution in [0.25, 0.3) is 0 Å². The lowest BCUT2D eigenvalue weighted by Crippen LogP contribution is -2.39. The lowest BCUT2D eigenvalue weighted by atomic mass is 9.73. The second-order valence-electron chi connectivity index (χ2n) is 4.20. The van der Waals surface area contributed by atoms with Gasteiger partial charge in [-0.3, -0.25) is 4.79 Å². The first kappa shape index (κ1) is 10.3. The van der Waals surface area contributed by atoms with Crippen molar-refractivity contribution in [3.63, 3.8) is 0 Å². The minimum Gasteiger partial charge on any atom is -0.469 e. The van der Waals surface area contributed by atoms with Gasteiger partial charge < -0.3 is 10.1 Å². The Labute approximate surface area is 89.0 Å². The van der Waals surface area contributed by atoms with E-state index in [1.54, 1.807) is 0 Å². The number of carbonyl (C=O) groups is 1. The highest BCUT2D eigenvalue weighted by Gasteiger charge is 2.53. The molecule has 1 N–H and O–H groups in total. The molecule has 0 amide bonds. The van der Waals surface area contributed by atoms with Gasteiger partial charge in [0.2, 0.25) is 0 Å². The molecular weight excluding hydrogens is 198 g/mol. The van der Waals surface area contributed by atoms with Crippen LogP contribution in [0.2, 0.25) is 0 Å². The van der Waals surface area contributed by atoms with Crippen LogP contribution in [0.5, 0.6) is 0 Å². The molecular formula is C10H17NO2S. The van der Waals surface area contributed by atoms with E-state index in [9.17, 15) is 4.79 Å². The van der Waals surface area contributed by atoms with Gasteiger partial charge in [-0.05, 0) is 12.2 Å². The van der Waals surface area contributed by atoms with Crippen molar-refractivity contribution >= 4 is 17.7 Å². The van der Waals surface area contributed by atoms with Crippen molar-refractivity contribution < 1.29 is 9.53 Å². The number of methoxy groups -OCH3 is 1. The molecule has 0 aliphatic carbocycles. The van der Waals surface area contributed by atoms with Gasteiger partial charge in [-0.2, -0.15) is 11.8 Å². The number of ether oxygens (including phenoxy) is 1. The molecule has 3 unspecified atom stereocenters. The third-order valence-corrected chi connectivity index (χ3v) is 5.14. The highest BCUT2D eigenvalue weighted by molar-refractivity contribution is 8.00. The summed E-state index contributed by atoms with van der Waals surface area (Å²) in [6, 6.07) is 0. The van der Waals surface area contributed by atoms with Crippen LogP contribution in [0, 0.1) is 11.3 Å². The van der Waals surface area contributed by atoms with Crippen LogP contribution < -0.4 is 5.32 Å². The van der Waals surface area contributed by atoms with Gasteiger partial charge >= 0.3 is 5.97 Å². The minimum absolute atomic E-state index is 0.0376. The Morgan fingerprint density at radius 1 is 1.64 bits per heavy atom. The molecule has 0 radical (unpaired) electrons. The number of thioether (sulfide) groups is 1. The van der Waals surface area contributed by atoms with Gasteiger partial charge in [-0.15, -0.1) is 0 Å². The zero-order valence-corrected chi connectivity index (χ0v) is 9.52. The molecule has 2 heterocycles. The summed E-state index contributed by atoms with van der Waals surface area (Å²) in [6.07, 6.45) is 1.14. The Hall–Kier alpha value is -0.220. The molecule has 2 fully saturated rings. The normalized spacial score (nSPS) is 41.9. The van der Waals surface area contributed by atoms with Gasteiger partial charge in [0.25, 0.3) is 0 Å². The van der Waals surface area contributed by atoms with Gasteiger partial charge in [0.05, 0.1) is 13.0 Å². The molecule has 2 saturated heterocycles. The summed E-state index contributed by atoms with van der Waals surface area (Å²) in [5.41, 5.74) is 0.164. The number of rotatable bonds is 1. The van der Waals surface area contributed by atoms with Crippen LogP contribution in [-0.4, -0.2) is 37.2 Å². The SMILES string of the molecule is COC(=O)C1CNCC12CCSC2C. The molecule has 3 nitrogen and oxygen atoms in total. The van der Waals surface area contributed by atoms with Gasteiger partial charge in [0.15, 0.2) is 0 Å². The van der Waals surface area contributed by atoms with E-state index in [0.717, 1.165) is 19.5 Å². The number of hydrogen-bond acceptors (Lipinski definition) is 4. The van der Waals surface area contributed by atoms with E-state index in [4.69, 9.17) is 4.74 Å². The third kappa shape index (κ3) is 1.36. The molecule has 3 atom stereocenters. The van der Waals surface area contributed by atoms with Gasteiger partial charge in [-0.1, -0.05) is 6.92 Å². The zero-order valence-electron chi connectivity index (χ0n) is 8.71.